The number of carbonyl (C=O) groups excluding carboxylic acids is 2. The highest BCUT2D eigenvalue weighted by molar-refractivity contribution is 5.88. The summed E-state index contributed by atoms with van der Waals surface area (Å²) in [4.78, 5) is 23.0. The van der Waals surface area contributed by atoms with Crippen LogP contribution in [0.5, 0.6) is 0 Å². The molecule has 0 radical (unpaired) electrons. The highest BCUT2D eigenvalue weighted by atomic mass is 16.2. The first kappa shape index (κ1) is 17.5. The normalized spacial score (nSPS) is 14.2. The Morgan fingerprint density at radius 2 is 1.38 bits per heavy atom. The molecule has 1 N–H and O–H groups in total. The molecular formula is C13H27NO2. The van der Waals surface area contributed by atoms with E-state index in [4.69, 9.17) is 0 Å². The van der Waals surface area contributed by atoms with Crippen LogP contribution in [0.4, 0.5) is 0 Å². The van der Waals surface area contributed by atoms with Gasteiger partial charge in [-0.2, -0.15) is 0 Å². The third-order valence-electron chi connectivity index (χ3n) is 2.82. The lowest BCUT2D eigenvalue weighted by Gasteiger charge is -2.23. The van der Waals surface area contributed by atoms with Crippen molar-refractivity contribution in [3.63, 3.8) is 0 Å². The van der Waals surface area contributed by atoms with E-state index in [1.54, 1.807) is 0 Å². The van der Waals surface area contributed by atoms with Crippen molar-refractivity contribution < 1.29 is 9.59 Å². The van der Waals surface area contributed by atoms with Crippen LogP contribution in [0, 0.1) is 17.8 Å². The lowest BCUT2D eigenvalue weighted by molar-refractivity contribution is -0.130. The van der Waals surface area contributed by atoms with E-state index < -0.39 is 0 Å². The van der Waals surface area contributed by atoms with Crippen molar-refractivity contribution in [2.45, 2.75) is 55.0 Å². The lowest BCUT2D eigenvalue weighted by Crippen LogP contribution is -2.46. The van der Waals surface area contributed by atoms with Gasteiger partial charge >= 0.3 is 0 Å². The molecule has 0 rings (SSSR count). The molecule has 0 aliphatic carbocycles. The molecule has 0 aromatic carbocycles. The molecule has 96 valence electrons. The summed E-state index contributed by atoms with van der Waals surface area (Å²) in [5.41, 5.74) is 0. The molecule has 0 fully saturated rings. The molecule has 0 aromatic heterocycles. The van der Waals surface area contributed by atoms with Gasteiger partial charge < -0.3 is 5.32 Å². The van der Waals surface area contributed by atoms with Gasteiger partial charge in [0.15, 0.2) is 5.78 Å². The number of amides is 1. The van der Waals surface area contributed by atoms with Crippen molar-refractivity contribution >= 4 is 11.7 Å². The second kappa shape index (κ2) is 7.42. The zero-order chi connectivity index (χ0) is 12.2. The molecule has 0 saturated heterocycles. The topological polar surface area (TPSA) is 46.2 Å². The SMILES string of the molecule is C.CC(=O)C(NC(=O)C(C)C(C)C)C(C)C. The van der Waals surface area contributed by atoms with E-state index in [0.29, 0.717) is 5.92 Å². The van der Waals surface area contributed by atoms with Gasteiger partial charge in [-0.05, 0) is 18.8 Å². The van der Waals surface area contributed by atoms with E-state index >= 15 is 0 Å². The Kier molecular flexibility index (Phi) is 8.13. The molecule has 0 aromatic rings. The van der Waals surface area contributed by atoms with Gasteiger partial charge in [0.05, 0.1) is 6.04 Å². The summed E-state index contributed by atoms with van der Waals surface area (Å²) < 4.78 is 0. The summed E-state index contributed by atoms with van der Waals surface area (Å²) in [5, 5.41) is 2.81. The van der Waals surface area contributed by atoms with Crippen molar-refractivity contribution in [3.8, 4) is 0 Å². The zero-order valence-corrected chi connectivity index (χ0v) is 10.6. The number of ketones is 1. The van der Waals surface area contributed by atoms with Gasteiger partial charge in [-0.15, -0.1) is 0 Å². The first-order valence-electron chi connectivity index (χ1n) is 5.58. The fourth-order valence-corrected chi connectivity index (χ4v) is 1.33. The van der Waals surface area contributed by atoms with Crippen LogP contribution >= 0.6 is 0 Å². The fourth-order valence-electron chi connectivity index (χ4n) is 1.33. The molecule has 2 atom stereocenters. The van der Waals surface area contributed by atoms with Crippen molar-refractivity contribution in [2.24, 2.45) is 17.8 Å². The minimum Gasteiger partial charge on any atom is -0.346 e. The Hall–Kier alpha value is -0.860. The van der Waals surface area contributed by atoms with Crippen LogP contribution in [0.1, 0.15) is 49.0 Å². The Labute approximate surface area is 100.0 Å². The van der Waals surface area contributed by atoms with Gasteiger partial charge in [0.2, 0.25) is 5.91 Å². The standard InChI is InChI=1S/C12H23NO2.CH4/c1-7(2)9(5)12(15)13-11(8(3)4)10(6)14;/h7-9,11H,1-6H3,(H,13,15);1H4. The number of nitrogens with one attached hydrogen (secondary N) is 1. The van der Waals surface area contributed by atoms with Crippen molar-refractivity contribution in [1.82, 2.24) is 5.32 Å². The molecule has 16 heavy (non-hydrogen) atoms. The van der Waals surface area contributed by atoms with Crippen molar-refractivity contribution in [2.75, 3.05) is 0 Å². The summed E-state index contributed by atoms with van der Waals surface area (Å²) in [6, 6.07) is -0.348. The maximum Gasteiger partial charge on any atom is 0.223 e. The summed E-state index contributed by atoms with van der Waals surface area (Å²) in [7, 11) is 0. The van der Waals surface area contributed by atoms with E-state index in [9.17, 15) is 9.59 Å². The van der Waals surface area contributed by atoms with Crippen LogP contribution in [0.15, 0.2) is 0 Å². The molecule has 0 heterocycles. The monoisotopic (exact) mass is 229 g/mol. The summed E-state index contributed by atoms with van der Waals surface area (Å²) in [6.07, 6.45) is 0. The van der Waals surface area contributed by atoms with E-state index in [1.807, 2.05) is 34.6 Å². The molecule has 0 aliphatic rings. The molecule has 1 amide bonds. The molecular weight excluding hydrogens is 202 g/mol. The second-order valence-corrected chi connectivity index (χ2v) is 4.87. The summed E-state index contributed by atoms with van der Waals surface area (Å²) >= 11 is 0. The van der Waals surface area contributed by atoms with Crippen LogP contribution in [-0.4, -0.2) is 17.7 Å². The third kappa shape index (κ3) is 5.29. The van der Waals surface area contributed by atoms with Crippen LogP contribution in [0.2, 0.25) is 0 Å². The molecule has 0 spiro atoms. The number of hydrogen-bond donors (Lipinski definition) is 1. The van der Waals surface area contributed by atoms with E-state index in [1.165, 1.54) is 6.92 Å². The van der Waals surface area contributed by atoms with Crippen molar-refractivity contribution in [3.05, 3.63) is 0 Å². The molecule has 3 heteroatoms. The fraction of sp³-hybridized carbons (Fsp3) is 0.846. The van der Waals surface area contributed by atoms with Crippen LogP contribution in [0.3, 0.4) is 0 Å². The van der Waals surface area contributed by atoms with E-state index in [2.05, 4.69) is 5.32 Å². The van der Waals surface area contributed by atoms with Crippen LogP contribution in [0.25, 0.3) is 0 Å². The number of rotatable bonds is 5. The lowest BCUT2D eigenvalue weighted by atomic mass is 9.95. The van der Waals surface area contributed by atoms with E-state index in [0.717, 1.165) is 0 Å². The molecule has 0 bridgehead atoms. The van der Waals surface area contributed by atoms with Crippen LogP contribution < -0.4 is 5.32 Å². The number of carbonyl (C=O) groups is 2. The quantitative estimate of drug-likeness (QED) is 0.787. The summed E-state index contributed by atoms with van der Waals surface area (Å²) in [5.74, 6) is 0.384. The van der Waals surface area contributed by atoms with Gasteiger partial charge in [-0.3, -0.25) is 9.59 Å². The van der Waals surface area contributed by atoms with Gasteiger partial charge in [0.1, 0.15) is 0 Å². The average molecular weight is 229 g/mol. The van der Waals surface area contributed by atoms with Gasteiger partial charge in [0.25, 0.3) is 0 Å². The Morgan fingerprint density at radius 3 is 1.62 bits per heavy atom. The molecule has 3 nitrogen and oxygen atoms in total. The van der Waals surface area contributed by atoms with Gasteiger partial charge in [-0.1, -0.05) is 42.0 Å². The third-order valence-corrected chi connectivity index (χ3v) is 2.82. The van der Waals surface area contributed by atoms with Crippen molar-refractivity contribution in [1.29, 1.82) is 0 Å². The Morgan fingerprint density at radius 1 is 0.938 bits per heavy atom. The minimum absolute atomic E-state index is 0. The number of hydrogen-bond acceptors (Lipinski definition) is 2. The van der Waals surface area contributed by atoms with Crippen LogP contribution in [-0.2, 0) is 9.59 Å². The largest absolute Gasteiger partial charge is 0.346 e. The maximum absolute atomic E-state index is 11.7. The molecule has 0 aliphatic heterocycles. The molecule has 0 saturated carbocycles. The minimum atomic E-state index is -0.348. The highest BCUT2D eigenvalue weighted by Crippen LogP contribution is 2.11. The van der Waals surface area contributed by atoms with Gasteiger partial charge in [0, 0.05) is 5.92 Å². The smallest absolute Gasteiger partial charge is 0.223 e. The summed E-state index contributed by atoms with van der Waals surface area (Å²) in [6.45, 7) is 11.3. The van der Waals surface area contributed by atoms with Gasteiger partial charge in [-0.25, -0.2) is 0 Å². The average Bonchev–Trinajstić information content (AvgIpc) is 2.11. The van der Waals surface area contributed by atoms with E-state index in [-0.39, 0.29) is 37.0 Å². The number of Topliss-reactive ketones (excluding diaryl/α,β-unsaturated/α-hetero) is 1. The maximum atomic E-state index is 11.7. The Bertz CT molecular complexity index is 234. The predicted molar refractivity (Wildman–Crippen MR) is 68.2 cm³/mol. The first-order valence-corrected chi connectivity index (χ1v) is 5.58. The molecule has 2 unspecified atom stereocenters. The first-order chi connectivity index (χ1) is 6.77. The second-order valence-electron chi connectivity index (χ2n) is 4.87. The zero-order valence-electron chi connectivity index (χ0n) is 10.6. The Balaban J connectivity index is 0. The highest BCUT2D eigenvalue weighted by Gasteiger charge is 2.24. The predicted octanol–water partition coefficient (Wildman–Crippen LogP) is 2.64.